The van der Waals surface area contributed by atoms with Crippen LogP contribution in [0.15, 0.2) is 121 Å². The molecule has 4 aromatic carbocycles. The van der Waals surface area contributed by atoms with Crippen molar-refractivity contribution < 1.29 is 86.0 Å². The van der Waals surface area contributed by atoms with Gasteiger partial charge < -0.3 is 52.5 Å². The van der Waals surface area contributed by atoms with E-state index in [4.69, 9.17) is 47.4 Å². The number of hydrogen-bond donors (Lipinski definition) is 1. The van der Waals surface area contributed by atoms with Crippen molar-refractivity contribution in [3.8, 4) is 0 Å². The van der Waals surface area contributed by atoms with Gasteiger partial charge in [-0.2, -0.15) is 0 Å². The molecule has 64 heavy (non-hydrogen) atoms. The van der Waals surface area contributed by atoms with Crippen LogP contribution in [0, 0.1) is 0 Å². The lowest BCUT2D eigenvalue weighted by atomic mass is 9.97. The Hall–Kier alpha value is -6.99. The highest BCUT2D eigenvalue weighted by Gasteiger charge is 2.56. The van der Waals surface area contributed by atoms with Crippen LogP contribution < -0.4 is 0 Å². The second kappa shape index (κ2) is 21.9. The van der Waals surface area contributed by atoms with E-state index in [9.17, 15) is 38.7 Å². The molecule has 18 heteroatoms. The maximum absolute atomic E-state index is 14.0. The number of esters is 7. The molecule has 2 heterocycles. The fourth-order valence-corrected chi connectivity index (χ4v) is 6.86. The van der Waals surface area contributed by atoms with Crippen LogP contribution in [-0.2, 0) is 61.8 Å². The minimum absolute atomic E-state index is 0.0422. The topological polar surface area (TPSA) is 232 Å². The number of aliphatic hydroxyl groups excluding tert-OH is 1. The third-order valence-electron chi connectivity index (χ3n) is 9.68. The van der Waals surface area contributed by atoms with Crippen LogP contribution >= 0.6 is 0 Å². The van der Waals surface area contributed by atoms with Crippen molar-refractivity contribution in [2.75, 3.05) is 13.2 Å². The standard InChI is InChI=1S/C46H44O18/c1-26(47)57-35-33(60-45(54)39(59-28(3)49)37(35)58-27(2)48)25-56-46-40(64-44(53)32-22-14-7-15-23-32)38(63-43(52)31-20-12-6-13-21-31)36(62-42(51)30-18-10-5-11-19-30)34(61-46)24-55-41(50)29-16-8-4-9-17-29/h4-23,33-40,45-46,54H,24-25H2,1-3H3/t33?,34?,35-,36-,37+,38+,39?,40?,45+,46-/m1/s1. The minimum Gasteiger partial charge on any atom is -0.459 e. The Morgan fingerprint density at radius 3 is 1.22 bits per heavy atom. The zero-order valence-electron chi connectivity index (χ0n) is 34.6. The molecule has 4 aromatic rings. The number of benzene rings is 4. The van der Waals surface area contributed by atoms with Crippen molar-refractivity contribution >= 4 is 41.8 Å². The lowest BCUT2D eigenvalue weighted by Crippen LogP contribution is -2.65. The highest BCUT2D eigenvalue weighted by atomic mass is 16.7. The third-order valence-corrected chi connectivity index (χ3v) is 9.68. The smallest absolute Gasteiger partial charge is 0.338 e. The van der Waals surface area contributed by atoms with Gasteiger partial charge in [0.15, 0.2) is 49.2 Å². The summed E-state index contributed by atoms with van der Waals surface area (Å²) in [5.41, 5.74) is 0.323. The van der Waals surface area contributed by atoms with Gasteiger partial charge in [-0.1, -0.05) is 72.8 Å². The number of ether oxygens (including phenoxy) is 10. The molecule has 0 aromatic heterocycles. The van der Waals surface area contributed by atoms with Crippen LogP contribution in [0.2, 0.25) is 0 Å². The molecule has 0 bridgehead atoms. The predicted octanol–water partition coefficient (Wildman–Crippen LogP) is 3.77. The minimum atomic E-state index is -1.97. The Labute approximate surface area is 366 Å². The molecule has 0 amide bonds. The van der Waals surface area contributed by atoms with Crippen molar-refractivity contribution in [1.82, 2.24) is 0 Å². The normalized spacial score (nSPS) is 25.1. The van der Waals surface area contributed by atoms with E-state index < -0.39 is 116 Å². The molecule has 0 spiro atoms. The fourth-order valence-electron chi connectivity index (χ4n) is 6.86. The number of carbonyl (C=O) groups is 7. The van der Waals surface area contributed by atoms with Crippen LogP contribution in [0.3, 0.4) is 0 Å². The van der Waals surface area contributed by atoms with Crippen LogP contribution in [0.5, 0.6) is 0 Å². The molecule has 2 aliphatic rings. The summed E-state index contributed by atoms with van der Waals surface area (Å²) in [6.45, 7) is 1.72. The molecule has 6 rings (SSSR count). The number of aliphatic hydroxyl groups is 1. The lowest BCUT2D eigenvalue weighted by molar-refractivity contribution is -0.326. The van der Waals surface area contributed by atoms with Crippen molar-refractivity contribution in [1.29, 1.82) is 0 Å². The maximum Gasteiger partial charge on any atom is 0.338 e. The van der Waals surface area contributed by atoms with Crippen LogP contribution in [0.4, 0.5) is 0 Å². The molecule has 1 N–H and O–H groups in total. The first kappa shape index (κ1) is 46.5. The van der Waals surface area contributed by atoms with Gasteiger partial charge >= 0.3 is 41.8 Å². The van der Waals surface area contributed by atoms with Gasteiger partial charge in [0.25, 0.3) is 0 Å². The van der Waals surface area contributed by atoms with E-state index in [0.717, 1.165) is 20.8 Å². The molecular weight excluding hydrogens is 840 g/mol. The van der Waals surface area contributed by atoms with Crippen LogP contribution in [0.1, 0.15) is 62.2 Å². The summed E-state index contributed by atoms with van der Waals surface area (Å²) >= 11 is 0. The zero-order valence-corrected chi connectivity index (χ0v) is 34.6. The van der Waals surface area contributed by atoms with Gasteiger partial charge in [-0.3, -0.25) is 14.4 Å². The van der Waals surface area contributed by atoms with Crippen molar-refractivity contribution in [2.45, 2.75) is 82.2 Å². The summed E-state index contributed by atoms with van der Waals surface area (Å²) < 4.78 is 58.2. The van der Waals surface area contributed by atoms with Gasteiger partial charge in [0.2, 0.25) is 0 Å². The van der Waals surface area contributed by atoms with Crippen LogP contribution in [0.25, 0.3) is 0 Å². The van der Waals surface area contributed by atoms with Crippen molar-refractivity contribution in [2.24, 2.45) is 0 Å². The first-order chi connectivity index (χ1) is 30.8. The molecule has 336 valence electrons. The van der Waals surface area contributed by atoms with E-state index in [2.05, 4.69) is 0 Å². The Kier molecular flexibility index (Phi) is 15.9. The fraction of sp³-hybridized carbons (Fsp3) is 0.326. The second-order valence-electron chi connectivity index (χ2n) is 14.3. The van der Waals surface area contributed by atoms with E-state index in [0.29, 0.717) is 0 Å². The number of carbonyl (C=O) groups excluding carboxylic acids is 7. The quantitative estimate of drug-likeness (QED) is 0.132. The van der Waals surface area contributed by atoms with Gasteiger partial charge in [-0.15, -0.1) is 0 Å². The number of hydrogen-bond acceptors (Lipinski definition) is 18. The molecule has 10 atom stereocenters. The van der Waals surface area contributed by atoms with E-state index in [1.54, 1.807) is 72.8 Å². The summed E-state index contributed by atoms with van der Waals surface area (Å²) in [7, 11) is 0. The van der Waals surface area contributed by atoms with Crippen LogP contribution in [-0.4, -0.2) is 122 Å². The molecule has 0 aliphatic carbocycles. The van der Waals surface area contributed by atoms with Gasteiger partial charge in [0.1, 0.15) is 18.8 Å². The molecule has 4 unspecified atom stereocenters. The van der Waals surface area contributed by atoms with Gasteiger partial charge in [0, 0.05) is 20.8 Å². The van der Waals surface area contributed by atoms with E-state index in [1.165, 1.54) is 48.5 Å². The van der Waals surface area contributed by atoms with Crippen molar-refractivity contribution in [3.05, 3.63) is 144 Å². The predicted molar refractivity (Wildman–Crippen MR) is 216 cm³/mol. The molecule has 2 fully saturated rings. The van der Waals surface area contributed by atoms with Crippen molar-refractivity contribution in [3.63, 3.8) is 0 Å². The number of rotatable bonds is 15. The second-order valence-corrected chi connectivity index (χ2v) is 14.3. The van der Waals surface area contributed by atoms with Gasteiger partial charge in [-0.25, -0.2) is 19.2 Å². The monoisotopic (exact) mass is 884 g/mol. The Morgan fingerprint density at radius 1 is 0.422 bits per heavy atom. The molecule has 2 aliphatic heterocycles. The highest BCUT2D eigenvalue weighted by Crippen LogP contribution is 2.34. The average molecular weight is 885 g/mol. The molecule has 2 saturated heterocycles. The third kappa shape index (κ3) is 12.1. The lowest BCUT2D eigenvalue weighted by Gasteiger charge is -2.46. The molecule has 0 saturated carbocycles. The first-order valence-corrected chi connectivity index (χ1v) is 19.9. The Morgan fingerprint density at radius 2 is 0.766 bits per heavy atom. The summed E-state index contributed by atoms with van der Waals surface area (Å²) in [6, 6.07) is 31.1. The van der Waals surface area contributed by atoms with Gasteiger partial charge in [-0.05, 0) is 48.5 Å². The van der Waals surface area contributed by atoms with Gasteiger partial charge in [0.05, 0.1) is 28.9 Å². The first-order valence-electron chi connectivity index (χ1n) is 19.9. The molecular formula is C46H44O18. The average Bonchev–Trinajstić information content (AvgIpc) is 3.29. The van der Waals surface area contributed by atoms with E-state index in [1.807, 2.05) is 0 Å². The molecule has 0 radical (unpaired) electrons. The summed E-state index contributed by atoms with van der Waals surface area (Å²) in [5, 5.41) is 11.0. The Balaban J connectivity index is 1.42. The maximum atomic E-state index is 14.0. The SMILES string of the molecule is CC(=O)OC1[C@@H](OC(C)=O)[C@H](OC(C)=O)C(CO[C@@H]2OC(COC(=O)c3ccccc3)[C@@H](OC(=O)c3ccccc3)[C@H](OC(=O)c3ccccc3)C2OC(=O)c2ccccc2)O[C@@H]1O. The van der Waals surface area contributed by atoms with E-state index >= 15 is 0 Å². The Bertz CT molecular complexity index is 2240. The largest absolute Gasteiger partial charge is 0.459 e. The highest BCUT2D eigenvalue weighted by molar-refractivity contribution is 5.91. The van der Waals surface area contributed by atoms with E-state index in [-0.39, 0.29) is 22.3 Å². The summed E-state index contributed by atoms with van der Waals surface area (Å²) in [4.78, 5) is 91.7. The molecule has 18 nitrogen and oxygen atoms in total. The summed E-state index contributed by atoms with van der Waals surface area (Å²) in [6.07, 6.45) is -17.0. The zero-order chi connectivity index (χ0) is 45.8. The summed E-state index contributed by atoms with van der Waals surface area (Å²) in [5.74, 6) is -6.34.